The average Bonchev–Trinajstić information content (AvgIpc) is 3.21. The Bertz CT molecular complexity index is 1420. The van der Waals surface area contributed by atoms with E-state index in [1.165, 1.54) is 0 Å². The van der Waals surface area contributed by atoms with E-state index in [9.17, 15) is 15.2 Å². The van der Waals surface area contributed by atoms with Gasteiger partial charge in [0.25, 0.3) is 0 Å². The molecule has 35 heavy (non-hydrogen) atoms. The molecule has 0 aliphatic carbocycles. The quantitative estimate of drug-likeness (QED) is 0.277. The van der Waals surface area contributed by atoms with Gasteiger partial charge in [-0.3, -0.25) is 4.79 Å². The van der Waals surface area contributed by atoms with Gasteiger partial charge in [-0.1, -0.05) is 61.0 Å². The first-order valence-electron chi connectivity index (χ1n) is 11.1. The number of hydrogen-bond acceptors (Lipinski definition) is 5. The fraction of sp³-hybridized carbons (Fsp3) is 0.148. The van der Waals surface area contributed by atoms with Gasteiger partial charge in [-0.25, -0.2) is 4.68 Å². The van der Waals surface area contributed by atoms with Crippen LogP contribution in [-0.2, 0) is 11.3 Å². The summed E-state index contributed by atoms with van der Waals surface area (Å²) in [4.78, 5) is 11.8. The van der Waals surface area contributed by atoms with Gasteiger partial charge in [0, 0.05) is 13.0 Å². The number of carbonyl (C=O) groups excluding carboxylic acids is 1. The SMILES string of the molecule is CCC(=O)Nc1cc(CNc2c(C#N)c(C)nn2-c2cccc(-c3ccccc3)c2)cc(Cl)c1O. The van der Waals surface area contributed by atoms with Crippen LogP contribution in [0.4, 0.5) is 11.5 Å². The van der Waals surface area contributed by atoms with Crippen molar-refractivity contribution in [1.82, 2.24) is 9.78 Å². The van der Waals surface area contributed by atoms with Gasteiger partial charge in [-0.2, -0.15) is 10.4 Å². The van der Waals surface area contributed by atoms with Crippen molar-refractivity contribution in [2.75, 3.05) is 10.6 Å². The summed E-state index contributed by atoms with van der Waals surface area (Å²) in [5.41, 5.74) is 4.89. The van der Waals surface area contributed by atoms with E-state index in [1.807, 2.05) is 54.6 Å². The number of benzene rings is 3. The van der Waals surface area contributed by atoms with Gasteiger partial charge < -0.3 is 15.7 Å². The first-order chi connectivity index (χ1) is 16.9. The van der Waals surface area contributed by atoms with Gasteiger partial charge in [0.15, 0.2) is 5.75 Å². The molecule has 0 spiro atoms. The molecule has 0 unspecified atom stereocenters. The van der Waals surface area contributed by atoms with Gasteiger partial charge in [0.05, 0.1) is 22.1 Å². The van der Waals surface area contributed by atoms with E-state index in [0.717, 1.165) is 16.8 Å². The summed E-state index contributed by atoms with van der Waals surface area (Å²) in [6.07, 6.45) is 0.269. The standard InChI is InChI=1S/C27H24ClN5O2/c1-3-25(34)31-24-13-18(12-23(28)26(24)35)16-30-27-22(15-29)17(2)32-33(27)21-11-7-10-20(14-21)19-8-5-4-6-9-19/h4-14,30,35H,3,16H2,1-2H3,(H,31,34). The Kier molecular flexibility index (Phi) is 7.04. The number of aromatic hydroxyl groups is 1. The summed E-state index contributed by atoms with van der Waals surface area (Å²) in [7, 11) is 0. The van der Waals surface area contributed by atoms with Crippen LogP contribution in [-0.4, -0.2) is 20.8 Å². The second kappa shape index (κ2) is 10.3. The van der Waals surface area contributed by atoms with Gasteiger partial charge in [-0.15, -0.1) is 0 Å². The van der Waals surface area contributed by atoms with Crippen LogP contribution in [0.3, 0.4) is 0 Å². The Morgan fingerprint density at radius 3 is 2.57 bits per heavy atom. The van der Waals surface area contributed by atoms with E-state index >= 15 is 0 Å². The van der Waals surface area contributed by atoms with E-state index in [2.05, 4.69) is 21.8 Å². The minimum absolute atomic E-state index is 0.122. The molecular formula is C27H24ClN5O2. The third kappa shape index (κ3) is 5.13. The molecule has 0 bridgehead atoms. The molecule has 0 saturated heterocycles. The second-order valence-corrected chi connectivity index (χ2v) is 8.39. The van der Waals surface area contributed by atoms with Crippen LogP contribution in [0.5, 0.6) is 5.75 Å². The maximum atomic E-state index is 11.8. The van der Waals surface area contributed by atoms with E-state index in [1.54, 1.807) is 30.7 Å². The zero-order chi connectivity index (χ0) is 24.9. The molecule has 0 atom stereocenters. The molecule has 7 nitrogen and oxygen atoms in total. The molecule has 0 fully saturated rings. The highest BCUT2D eigenvalue weighted by molar-refractivity contribution is 6.32. The number of rotatable bonds is 7. The van der Waals surface area contributed by atoms with Crippen LogP contribution in [0.25, 0.3) is 16.8 Å². The third-order valence-electron chi connectivity index (χ3n) is 5.55. The molecule has 8 heteroatoms. The van der Waals surface area contributed by atoms with Crippen molar-refractivity contribution in [3.05, 3.63) is 88.6 Å². The van der Waals surface area contributed by atoms with Gasteiger partial charge in [0.2, 0.25) is 5.91 Å². The number of phenolic OH excluding ortho intramolecular Hbond substituents is 1. The Balaban J connectivity index is 1.68. The molecule has 0 radical (unpaired) electrons. The van der Waals surface area contributed by atoms with Crippen molar-refractivity contribution in [3.8, 4) is 28.6 Å². The summed E-state index contributed by atoms with van der Waals surface area (Å²) in [5, 5.41) is 30.7. The lowest BCUT2D eigenvalue weighted by Gasteiger charge is -2.14. The van der Waals surface area contributed by atoms with E-state index in [-0.39, 0.29) is 35.3 Å². The average molecular weight is 486 g/mol. The number of aryl methyl sites for hydroxylation is 1. The number of carbonyl (C=O) groups is 1. The van der Waals surface area contributed by atoms with Crippen molar-refractivity contribution >= 4 is 29.0 Å². The number of nitriles is 1. The van der Waals surface area contributed by atoms with Gasteiger partial charge in [0.1, 0.15) is 17.5 Å². The molecule has 0 aliphatic heterocycles. The normalized spacial score (nSPS) is 10.6. The Hall–Kier alpha value is -4.28. The summed E-state index contributed by atoms with van der Waals surface area (Å²) < 4.78 is 1.71. The van der Waals surface area contributed by atoms with Crippen LogP contribution in [0.1, 0.15) is 30.2 Å². The first kappa shape index (κ1) is 23.9. The Morgan fingerprint density at radius 2 is 1.86 bits per heavy atom. The number of aromatic nitrogens is 2. The molecule has 0 aliphatic rings. The lowest BCUT2D eigenvalue weighted by Crippen LogP contribution is -2.11. The molecule has 3 aromatic carbocycles. The molecule has 3 N–H and O–H groups in total. The molecule has 176 valence electrons. The fourth-order valence-electron chi connectivity index (χ4n) is 3.74. The number of hydrogen-bond donors (Lipinski definition) is 3. The van der Waals surface area contributed by atoms with E-state index in [0.29, 0.717) is 22.6 Å². The number of anilines is 2. The Labute approximate surface area is 208 Å². The van der Waals surface area contributed by atoms with Crippen molar-refractivity contribution in [1.29, 1.82) is 5.26 Å². The number of nitrogens with zero attached hydrogens (tertiary/aromatic N) is 3. The zero-order valence-corrected chi connectivity index (χ0v) is 20.1. The number of phenols is 1. The van der Waals surface area contributed by atoms with Crippen LogP contribution in [0.2, 0.25) is 5.02 Å². The van der Waals surface area contributed by atoms with Crippen LogP contribution >= 0.6 is 11.6 Å². The molecule has 1 amide bonds. The minimum atomic E-state index is -0.236. The fourth-order valence-corrected chi connectivity index (χ4v) is 3.98. The first-order valence-corrected chi connectivity index (χ1v) is 11.5. The number of amides is 1. The zero-order valence-electron chi connectivity index (χ0n) is 19.3. The van der Waals surface area contributed by atoms with Crippen molar-refractivity contribution in [3.63, 3.8) is 0 Å². The van der Waals surface area contributed by atoms with E-state index in [4.69, 9.17) is 11.6 Å². The topological polar surface area (TPSA) is 103 Å². The number of halogens is 1. The monoisotopic (exact) mass is 485 g/mol. The van der Waals surface area contributed by atoms with Crippen molar-refractivity contribution < 1.29 is 9.90 Å². The predicted molar refractivity (Wildman–Crippen MR) is 138 cm³/mol. The van der Waals surface area contributed by atoms with Gasteiger partial charge in [-0.05, 0) is 47.9 Å². The molecule has 4 rings (SSSR count). The second-order valence-electron chi connectivity index (χ2n) is 7.98. The maximum Gasteiger partial charge on any atom is 0.224 e. The summed E-state index contributed by atoms with van der Waals surface area (Å²) >= 11 is 6.19. The molecule has 4 aromatic rings. The summed E-state index contributed by atoms with van der Waals surface area (Å²) in [6.45, 7) is 3.80. The molecule has 0 saturated carbocycles. The lowest BCUT2D eigenvalue weighted by atomic mass is 10.1. The van der Waals surface area contributed by atoms with Crippen LogP contribution < -0.4 is 10.6 Å². The molecular weight excluding hydrogens is 462 g/mol. The van der Waals surface area contributed by atoms with E-state index < -0.39 is 0 Å². The highest BCUT2D eigenvalue weighted by Gasteiger charge is 2.18. The smallest absolute Gasteiger partial charge is 0.224 e. The molecule has 1 aromatic heterocycles. The number of nitrogens with one attached hydrogen (secondary N) is 2. The lowest BCUT2D eigenvalue weighted by molar-refractivity contribution is -0.115. The highest BCUT2D eigenvalue weighted by atomic mass is 35.5. The summed E-state index contributed by atoms with van der Waals surface area (Å²) in [5.74, 6) is 0.118. The van der Waals surface area contributed by atoms with Crippen molar-refractivity contribution in [2.45, 2.75) is 26.8 Å². The highest BCUT2D eigenvalue weighted by Crippen LogP contribution is 2.34. The minimum Gasteiger partial charge on any atom is -0.504 e. The third-order valence-corrected chi connectivity index (χ3v) is 5.84. The van der Waals surface area contributed by atoms with Crippen LogP contribution in [0.15, 0.2) is 66.7 Å². The maximum absolute atomic E-state index is 11.8. The largest absolute Gasteiger partial charge is 0.504 e. The molecule has 1 heterocycles. The van der Waals surface area contributed by atoms with Crippen LogP contribution in [0, 0.1) is 18.3 Å². The Morgan fingerprint density at radius 1 is 1.11 bits per heavy atom. The predicted octanol–water partition coefficient (Wildman–Crippen LogP) is 6.04. The van der Waals surface area contributed by atoms with Gasteiger partial charge >= 0.3 is 0 Å². The van der Waals surface area contributed by atoms with Crippen molar-refractivity contribution in [2.24, 2.45) is 0 Å². The summed E-state index contributed by atoms with van der Waals surface area (Å²) in [6, 6.07) is 23.4.